The molecular weight excluding hydrogens is 250 g/mol. The number of rotatable bonds is 4. The second kappa shape index (κ2) is 4.78. The number of nitrogens with zero attached hydrogens (tertiary/aromatic N) is 2. The predicted octanol–water partition coefficient (Wildman–Crippen LogP) is 2.23. The first-order chi connectivity index (χ1) is 9.58. The number of benzene rings is 1. The van der Waals surface area contributed by atoms with Gasteiger partial charge in [-0.05, 0) is 37.3 Å². The Labute approximate surface area is 118 Å². The summed E-state index contributed by atoms with van der Waals surface area (Å²) >= 11 is 0. The zero-order chi connectivity index (χ0) is 14.2. The quantitative estimate of drug-likeness (QED) is 0.925. The lowest BCUT2D eigenvalue weighted by Gasteiger charge is -2.18. The molecule has 4 nitrogen and oxygen atoms in total. The second-order valence-electron chi connectivity index (χ2n) is 5.76. The smallest absolute Gasteiger partial charge is 0.271 e. The van der Waals surface area contributed by atoms with Crippen molar-refractivity contribution in [2.45, 2.75) is 31.7 Å². The number of aromatic nitrogens is 2. The first-order valence-corrected chi connectivity index (χ1v) is 6.93. The highest BCUT2D eigenvalue weighted by Crippen LogP contribution is 2.39. The highest BCUT2D eigenvalue weighted by Gasteiger charge is 2.44. The molecule has 0 atom stereocenters. The van der Waals surface area contributed by atoms with E-state index in [2.05, 4.69) is 35.4 Å². The highest BCUT2D eigenvalue weighted by atomic mass is 16.2. The zero-order valence-corrected chi connectivity index (χ0v) is 11.9. The number of imidazole rings is 1. The van der Waals surface area contributed by atoms with Crippen molar-refractivity contribution >= 4 is 5.91 Å². The van der Waals surface area contributed by atoms with E-state index in [1.165, 1.54) is 11.1 Å². The van der Waals surface area contributed by atoms with Gasteiger partial charge in [-0.1, -0.05) is 24.3 Å². The molecule has 1 fully saturated rings. The number of aryl methyl sites for hydroxylation is 2. The Morgan fingerprint density at radius 2 is 2.15 bits per heavy atom. The Kier molecular flexibility index (Phi) is 3.08. The van der Waals surface area contributed by atoms with Crippen LogP contribution in [0, 0.1) is 6.92 Å². The van der Waals surface area contributed by atoms with Gasteiger partial charge in [0, 0.05) is 18.8 Å². The third-order valence-corrected chi connectivity index (χ3v) is 3.96. The molecule has 3 rings (SSSR count). The van der Waals surface area contributed by atoms with Crippen LogP contribution in [0.3, 0.4) is 0 Å². The van der Waals surface area contributed by atoms with E-state index in [-0.39, 0.29) is 11.4 Å². The van der Waals surface area contributed by atoms with Crippen LogP contribution in [-0.4, -0.2) is 21.0 Å². The molecule has 1 aliphatic rings. The predicted molar refractivity (Wildman–Crippen MR) is 77.5 cm³/mol. The Morgan fingerprint density at radius 1 is 1.40 bits per heavy atom. The monoisotopic (exact) mass is 269 g/mol. The summed E-state index contributed by atoms with van der Waals surface area (Å²) in [5.74, 6) is -0.0725. The van der Waals surface area contributed by atoms with Crippen LogP contribution in [0.25, 0.3) is 0 Å². The van der Waals surface area contributed by atoms with Crippen LogP contribution in [0.2, 0.25) is 0 Å². The summed E-state index contributed by atoms with van der Waals surface area (Å²) in [7, 11) is 1.87. The highest BCUT2D eigenvalue weighted by molar-refractivity contribution is 5.92. The Morgan fingerprint density at radius 3 is 2.75 bits per heavy atom. The number of carbonyl (C=O) groups is 1. The fourth-order valence-corrected chi connectivity index (χ4v) is 2.50. The number of nitrogens with one attached hydrogen (secondary N) is 1. The van der Waals surface area contributed by atoms with Gasteiger partial charge < -0.3 is 9.88 Å². The molecule has 4 heteroatoms. The van der Waals surface area contributed by atoms with Crippen molar-refractivity contribution in [3.63, 3.8) is 0 Å². The lowest BCUT2D eigenvalue weighted by Crippen LogP contribution is -2.38. The molecule has 1 heterocycles. The lowest BCUT2D eigenvalue weighted by molar-refractivity contribution is 0.0926. The van der Waals surface area contributed by atoms with Crippen molar-refractivity contribution in [3.05, 3.63) is 53.6 Å². The summed E-state index contributed by atoms with van der Waals surface area (Å²) in [6.45, 7) is 2.12. The van der Waals surface area contributed by atoms with Crippen LogP contribution < -0.4 is 5.32 Å². The molecule has 1 aliphatic carbocycles. The molecule has 1 aromatic carbocycles. The normalized spacial score (nSPS) is 15.9. The summed E-state index contributed by atoms with van der Waals surface area (Å²) in [6, 6.07) is 8.36. The Bertz CT molecular complexity index is 641. The van der Waals surface area contributed by atoms with Crippen LogP contribution in [0.15, 0.2) is 36.8 Å². The summed E-state index contributed by atoms with van der Waals surface area (Å²) < 4.78 is 1.79. The van der Waals surface area contributed by atoms with E-state index < -0.39 is 0 Å². The Balaban J connectivity index is 1.71. The Hall–Kier alpha value is -2.10. The third kappa shape index (κ3) is 2.59. The van der Waals surface area contributed by atoms with Crippen molar-refractivity contribution in [1.29, 1.82) is 0 Å². The van der Waals surface area contributed by atoms with Crippen LogP contribution in [0.1, 0.15) is 34.5 Å². The number of carbonyl (C=O) groups excluding carboxylic acids is 1. The van der Waals surface area contributed by atoms with Crippen molar-refractivity contribution in [2.75, 3.05) is 0 Å². The maximum atomic E-state index is 12.2. The van der Waals surface area contributed by atoms with E-state index in [9.17, 15) is 4.79 Å². The van der Waals surface area contributed by atoms with E-state index in [1.807, 2.05) is 13.1 Å². The fourth-order valence-electron chi connectivity index (χ4n) is 2.50. The van der Waals surface area contributed by atoms with E-state index in [0.717, 1.165) is 19.3 Å². The minimum atomic E-state index is -0.0725. The van der Waals surface area contributed by atoms with Crippen LogP contribution >= 0.6 is 0 Å². The molecule has 0 bridgehead atoms. The van der Waals surface area contributed by atoms with Crippen molar-refractivity contribution < 1.29 is 4.79 Å². The fraction of sp³-hybridized carbons (Fsp3) is 0.375. The summed E-state index contributed by atoms with van der Waals surface area (Å²) in [5, 5.41) is 3.16. The molecule has 104 valence electrons. The van der Waals surface area contributed by atoms with Gasteiger partial charge in [-0.2, -0.15) is 0 Å². The van der Waals surface area contributed by atoms with Gasteiger partial charge in [0.25, 0.3) is 5.91 Å². The van der Waals surface area contributed by atoms with Gasteiger partial charge in [0.2, 0.25) is 0 Å². The first kappa shape index (κ1) is 12.9. The van der Waals surface area contributed by atoms with Crippen molar-refractivity contribution in [2.24, 2.45) is 7.05 Å². The molecule has 1 amide bonds. The van der Waals surface area contributed by atoms with Crippen molar-refractivity contribution in [1.82, 2.24) is 14.9 Å². The average molecular weight is 269 g/mol. The van der Waals surface area contributed by atoms with Gasteiger partial charge in [-0.25, -0.2) is 4.98 Å². The standard InChI is InChI=1S/C16H19N3O/c1-12-5-3-4-6-13(12)9-16(7-8-16)18-15(20)14-10-19(2)11-17-14/h3-6,10-11H,7-9H2,1-2H3,(H,18,20). The molecule has 0 unspecified atom stereocenters. The largest absolute Gasteiger partial charge is 0.345 e. The van der Waals surface area contributed by atoms with Gasteiger partial charge in [0.1, 0.15) is 5.69 Å². The minimum Gasteiger partial charge on any atom is -0.345 e. The molecule has 0 radical (unpaired) electrons. The molecule has 0 aliphatic heterocycles. The van der Waals surface area contributed by atoms with Gasteiger partial charge >= 0.3 is 0 Å². The minimum absolute atomic E-state index is 0.0687. The van der Waals surface area contributed by atoms with E-state index in [0.29, 0.717) is 5.69 Å². The molecule has 1 aromatic heterocycles. The maximum absolute atomic E-state index is 12.2. The number of hydrogen-bond donors (Lipinski definition) is 1. The molecule has 0 saturated heterocycles. The van der Waals surface area contributed by atoms with Gasteiger partial charge in [-0.3, -0.25) is 4.79 Å². The molecule has 20 heavy (non-hydrogen) atoms. The third-order valence-electron chi connectivity index (χ3n) is 3.96. The van der Waals surface area contributed by atoms with Gasteiger partial charge in [0.05, 0.1) is 6.33 Å². The number of amides is 1. The second-order valence-corrected chi connectivity index (χ2v) is 5.76. The van der Waals surface area contributed by atoms with E-state index in [1.54, 1.807) is 17.1 Å². The summed E-state index contributed by atoms with van der Waals surface area (Å²) in [4.78, 5) is 16.3. The molecule has 1 N–H and O–H groups in total. The lowest BCUT2D eigenvalue weighted by atomic mass is 9.99. The molecule has 0 spiro atoms. The van der Waals surface area contributed by atoms with Gasteiger partial charge in [0.15, 0.2) is 0 Å². The van der Waals surface area contributed by atoms with Crippen molar-refractivity contribution in [3.8, 4) is 0 Å². The topological polar surface area (TPSA) is 46.9 Å². The number of hydrogen-bond acceptors (Lipinski definition) is 2. The van der Waals surface area contributed by atoms with Crippen LogP contribution in [0.4, 0.5) is 0 Å². The summed E-state index contributed by atoms with van der Waals surface area (Å²) in [6.07, 6.45) is 6.38. The molecular formula is C16H19N3O. The first-order valence-electron chi connectivity index (χ1n) is 6.93. The molecule has 1 saturated carbocycles. The van der Waals surface area contributed by atoms with Crippen LogP contribution in [0.5, 0.6) is 0 Å². The average Bonchev–Trinajstić information content (AvgIpc) is 3.02. The van der Waals surface area contributed by atoms with Crippen LogP contribution in [-0.2, 0) is 13.5 Å². The zero-order valence-electron chi connectivity index (χ0n) is 11.9. The van der Waals surface area contributed by atoms with E-state index in [4.69, 9.17) is 0 Å². The van der Waals surface area contributed by atoms with E-state index >= 15 is 0 Å². The summed E-state index contributed by atoms with van der Waals surface area (Å²) in [5.41, 5.74) is 3.02. The molecule has 2 aromatic rings. The maximum Gasteiger partial charge on any atom is 0.271 e. The van der Waals surface area contributed by atoms with Gasteiger partial charge in [-0.15, -0.1) is 0 Å². The SMILES string of the molecule is Cc1ccccc1CC1(NC(=O)c2cn(C)cn2)CC1.